The Morgan fingerprint density at radius 3 is 2.60 bits per heavy atom. The van der Waals surface area contributed by atoms with Crippen LogP contribution >= 0.6 is 11.3 Å². The average Bonchev–Trinajstić information content (AvgIpc) is 3.32. The van der Waals surface area contributed by atoms with E-state index in [-0.39, 0.29) is 30.9 Å². The molecule has 4 heterocycles. The van der Waals surface area contributed by atoms with Crippen molar-refractivity contribution in [2.75, 3.05) is 38.2 Å². The maximum absolute atomic E-state index is 15.6. The van der Waals surface area contributed by atoms with E-state index in [1.165, 1.54) is 37.3 Å². The van der Waals surface area contributed by atoms with Crippen molar-refractivity contribution in [3.05, 3.63) is 46.1 Å². The molecule has 2 aromatic heterocycles. The molecule has 2 unspecified atom stereocenters. The van der Waals surface area contributed by atoms with Gasteiger partial charge in [-0.05, 0) is 51.3 Å². The zero-order valence-electron chi connectivity index (χ0n) is 20.2. The number of thiazole rings is 1. The molecular weight excluding hydrogens is 478 g/mol. The quantitative estimate of drug-likeness (QED) is 0.397. The molecule has 2 atom stereocenters. The summed E-state index contributed by atoms with van der Waals surface area (Å²) in [5.74, 6) is -1.34. The third kappa shape index (κ3) is 4.80. The van der Waals surface area contributed by atoms with Crippen LogP contribution in [0.4, 0.5) is 23.2 Å². The first-order chi connectivity index (χ1) is 16.6. The third-order valence-electron chi connectivity index (χ3n) is 6.94. The fourth-order valence-electron chi connectivity index (χ4n) is 5.43. The maximum atomic E-state index is 15.6. The SMILES string of the molecule is CC1Cc2c([nH]c3ncsc23)C(c2c(F)cc(NC3CN(CCCF)C3)cc2F)N1CC(C)(C)F. The molecule has 1 fully saturated rings. The second kappa shape index (κ2) is 9.37. The van der Waals surface area contributed by atoms with E-state index < -0.39 is 23.3 Å². The van der Waals surface area contributed by atoms with Crippen LogP contribution in [0.2, 0.25) is 0 Å². The molecule has 2 aliphatic heterocycles. The lowest BCUT2D eigenvalue weighted by Crippen LogP contribution is -2.54. The van der Waals surface area contributed by atoms with Crippen LogP contribution in [-0.4, -0.2) is 70.4 Å². The van der Waals surface area contributed by atoms with Crippen LogP contribution in [0, 0.1) is 11.6 Å². The van der Waals surface area contributed by atoms with Gasteiger partial charge in [-0.25, -0.2) is 18.2 Å². The molecule has 35 heavy (non-hydrogen) atoms. The number of alkyl halides is 2. The Labute approximate surface area is 206 Å². The van der Waals surface area contributed by atoms with Crippen molar-refractivity contribution in [1.29, 1.82) is 0 Å². The number of nitrogens with one attached hydrogen (secondary N) is 2. The Morgan fingerprint density at radius 1 is 1.23 bits per heavy atom. The van der Waals surface area contributed by atoms with E-state index in [1.807, 2.05) is 11.8 Å². The zero-order valence-corrected chi connectivity index (χ0v) is 21.0. The van der Waals surface area contributed by atoms with E-state index in [1.54, 1.807) is 5.51 Å². The second-order valence-corrected chi connectivity index (χ2v) is 11.2. The number of H-pyrrole nitrogens is 1. The summed E-state index contributed by atoms with van der Waals surface area (Å²) in [6.45, 7) is 6.72. The highest BCUT2D eigenvalue weighted by atomic mass is 32.1. The molecule has 5 rings (SSSR count). The lowest BCUT2D eigenvalue weighted by molar-refractivity contribution is 0.0643. The van der Waals surface area contributed by atoms with E-state index >= 15 is 8.78 Å². The summed E-state index contributed by atoms with van der Waals surface area (Å²) in [5.41, 5.74) is 2.87. The van der Waals surface area contributed by atoms with Gasteiger partial charge in [0, 0.05) is 49.2 Å². The van der Waals surface area contributed by atoms with Gasteiger partial charge in [0.1, 0.15) is 23.0 Å². The standard InChI is InChI=1S/C25H31F4N5S/c1-14-7-17-21(32-24-23(17)35-13-30-24)22(34(14)12-25(2,3)29)20-18(27)8-15(9-19(20)28)31-16-10-33(11-16)6-4-5-26/h8-9,13-14,16,22,31-32H,4-7,10-12H2,1-3H3. The van der Waals surface area contributed by atoms with Gasteiger partial charge in [0.05, 0.1) is 29.0 Å². The van der Waals surface area contributed by atoms with Crippen LogP contribution in [-0.2, 0) is 6.42 Å². The molecule has 2 N–H and O–H groups in total. The number of benzene rings is 1. The molecular formula is C25H31F4N5S. The van der Waals surface area contributed by atoms with E-state index in [2.05, 4.69) is 20.2 Å². The minimum Gasteiger partial charge on any atom is -0.380 e. The second-order valence-electron chi connectivity index (χ2n) is 10.4. The lowest BCUT2D eigenvalue weighted by Gasteiger charge is -2.43. The first-order valence-corrected chi connectivity index (χ1v) is 12.9. The largest absolute Gasteiger partial charge is 0.380 e. The van der Waals surface area contributed by atoms with Crippen molar-refractivity contribution in [3.8, 4) is 0 Å². The van der Waals surface area contributed by atoms with Gasteiger partial charge < -0.3 is 10.3 Å². The van der Waals surface area contributed by atoms with Gasteiger partial charge in [-0.1, -0.05) is 0 Å². The van der Waals surface area contributed by atoms with Gasteiger partial charge >= 0.3 is 0 Å². The minimum absolute atomic E-state index is 0.0358. The number of anilines is 1. The summed E-state index contributed by atoms with van der Waals surface area (Å²) < 4.78 is 59.5. The number of nitrogens with zero attached hydrogens (tertiary/aromatic N) is 3. The number of likely N-dealkylation sites (tertiary alicyclic amines) is 1. The van der Waals surface area contributed by atoms with Crippen molar-refractivity contribution < 1.29 is 17.6 Å². The Balaban J connectivity index is 1.47. The normalized spacial score (nSPS) is 21.9. The summed E-state index contributed by atoms with van der Waals surface area (Å²) in [7, 11) is 0. The maximum Gasteiger partial charge on any atom is 0.148 e. The molecule has 10 heteroatoms. The van der Waals surface area contributed by atoms with Crippen LogP contribution in [0.3, 0.4) is 0 Å². The van der Waals surface area contributed by atoms with Gasteiger partial charge in [0.25, 0.3) is 0 Å². The fourth-order valence-corrected chi connectivity index (χ4v) is 6.24. The molecule has 0 spiro atoms. The molecule has 190 valence electrons. The van der Waals surface area contributed by atoms with Gasteiger partial charge in [-0.3, -0.25) is 14.2 Å². The number of aromatic amines is 1. The first-order valence-electron chi connectivity index (χ1n) is 12.1. The van der Waals surface area contributed by atoms with Crippen LogP contribution in [0.25, 0.3) is 10.3 Å². The van der Waals surface area contributed by atoms with Gasteiger partial charge in [0.2, 0.25) is 0 Å². The van der Waals surface area contributed by atoms with Crippen molar-refractivity contribution in [2.24, 2.45) is 0 Å². The van der Waals surface area contributed by atoms with Crippen LogP contribution < -0.4 is 5.32 Å². The van der Waals surface area contributed by atoms with Crippen LogP contribution in [0.15, 0.2) is 17.6 Å². The molecule has 0 aliphatic carbocycles. The van der Waals surface area contributed by atoms with E-state index in [9.17, 15) is 8.78 Å². The highest BCUT2D eigenvalue weighted by molar-refractivity contribution is 7.16. The van der Waals surface area contributed by atoms with Gasteiger partial charge in [-0.15, -0.1) is 11.3 Å². The fraction of sp³-hybridized carbons (Fsp3) is 0.560. The molecule has 3 aromatic rings. The Bertz CT molecular complexity index is 1170. The zero-order chi connectivity index (χ0) is 24.9. The monoisotopic (exact) mass is 509 g/mol. The van der Waals surface area contributed by atoms with Crippen LogP contribution in [0.1, 0.15) is 50.1 Å². The molecule has 1 aromatic carbocycles. The summed E-state index contributed by atoms with van der Waals surface area (Å²) in [5, 5.41) is 3.19. The number of fused-ring (bicyclic) bond motifs is 3. The molecule has 2 aliphatic rings. The van der Waals surface area contributed by atoms with E-state index in [4.69, 9.17) is 0 Å². The molecule has 0 amide bonds. The predicted molar refractivity (Wildman–Crippen MR) is 132 cm³/mol. The van der Waals surface area contributed by atoms with Gasteiger partial charge in [-0.2, -0.15) is 0 Å². The highest BCUT2D eigenvalue weighted by Crippen LogP contribution is 2.44. The number of hydrogen-bond acceptors (Lipinski definition) is 5. The number of rotatable bonds is 8. The predicted octanol–water partition coefficient (Wildman–Crippen LogP) is 5.44. The van der Waals surface area contributed by atoms with E-state index in [0.717, 1.165) is 10.3 Å². The number of halogens is 4. The summed E-state index contributed by atoms with van der Waals surface area (Å²) in [4.78, 5) is 11.6. The van der Waals surface area contributed by atoms with Gasteiger partial charge in [0.15, 0.2) is 0 Å². The summed E-state index contributed by atoms with van der Waals surface area (Å²) >= 11 is 1.50. The topological polar surface area (TPSA) is 47.2 Å². The van der Waals surface area contributed by atoms with E-state index in [0.29, 0.717) is 49.5 Å². The first kappa shape index (κ1) is 24.5. The molecule has 0 bridgehead atoms. The summed E-state index contributed by atoms with van der Waals surface area (Å²) in [6, 6.07) is 1.80. The molecule has 5 nitrogen and oxygen atoms in total. The Morgan fingerprint density at radius 2 is 1.94 bits per heavy atom. The third-order valence-corrected chi connectivity index (χ3v) is 7.82. The minimum atomic E-state index is -1.54. The summed E-state index contributed by atoms with van der Waals surface area (Å²) in [6.07, 6.45) is 1.14. The smallest absolute Gasteiger partial charge is 0.148 e. The Hall–Kier alpha value is -2.17. The number of hydrogen-bond donors (Lipinski definition) is 2. The van der Waals surface area contributed by atoms with Crippen molar-refractivity contribution in [2.45, 2.75) is 57.4 Å². The Kier molecular flexibility index (Phi) is 6.56. The van der Waals surface area contributed by atoms with Crippen molar-refractivity contribution in [3.63, 3.8) is 0 Å². The van der Waals surface area contributed by atoms with Crippen LogP contribution in [0.5, 0.6) is 0 Å². The van der Waals surface area contributed by atoms with Crippen molar-refractivity contribution in [1.82, 2.24) is 19.8 Å². The molecule has 0 radical (unpaired) electrons. The molecule has 1 saturated heterocycles. The molecule has 0 saturated carbocycles. The lowest BCUT2D eigenvalue weighted by atomic mass is 9.88. The highest BCUT2D eigenvalue weighted by Gasteiger charge is 2.41. The average molecular weight is 510 g/mol. The number of aromatic nitrogens is 2. The van der Waals surface area contributed by atoms with Crippen molar-refractivity contribution >= 4 is 27.4 Å².